The van der Waals surface area contributed by atoms with E-state index < -0.39 is 34.4 Å². The molecule has 0 saturated carbocycles. The first-order valence-electron chi connectivity index (χ1n) is 13.9. The molecule has 0 aromatic carbocycles. The number of carbonyl (C=O) groups excluding carboxylic acids is 2. The van der Waals surface area contributed by atoms with Gasteiger partial charge in [0.25, 0.3) is 0 Å². The van der Waals surface area contributed by atoms with Crippen LogP contribution in [0.25, 0.3) is 0 Å². The lowest BCUT2D eigenvalue weighted by Crippen LogP contribution is -2.58. The fraction of sp³-hybridized carbons (Fsp3) is 0.923. The van der Waals surface area contributed by atoms with Crippen LogP contribution in [-0.4, -0.2) is 142 Å². The summed E-state index contributed by atoms with van der Waals surface area (Å²) in [6.07, 6.45) is 0.508. The Morgan fingerprint density at radius 1 is 1.03 bits per heavy atom. The molecule has 2 heterocycles. The molecule has 2 saturated heterocycles. The molecule has 228 valence electrons. The lowest BCUT2D eigenvalue weighted by atomic mass is 9.92. The second kappa shape index (κ2) is 16.2. The first-order chi connectivity index (χ1) is 18.4. The Hall–Kier alpha value is -1.35. The van der Waals surface area contributed by atoms with E-state index in [0.717, 1.165) is 0 Å². The van der Waals surface area contributed by atoms with Crippen LogP contribution in [0.4, 0.5) is 0 Å². The van der Waals surface area contributed by atoms with Crippen molar-refractivity contribution >= 4 is 21.8 Å². The fourth-order valence-corrected chi connectivity index (χ4v) is 6.28. The van der Waals surface area contributed by atoms with Gasteiger partial charge in [0.2, 0.25) is 21.8 Å². The normalized spacial score (nSPS) is 27.9. The summed E-state index contributed by atoms with van der Waals surface area (Å²) >= 11 is 0. The van der Waals surface area contributed by atoms with Gasteiger partial charge in [0.1, 0.15) is 24.9 Å². The number of hydrogen-bond donors (Lipinski definition) is 2. The van der Waals surface area contributed by atoms with Gasteiger partial charge < -0.3 is 34.2 Å². The van der Waals surface area contributed by atoms with Gasteiger partial charge in [0.05, 0.1) is 18.9 Å². The summed E-state index contributed by atoms with van der Waals surface area (Å²) in [5.74, 6) is -0.502. The van der Waals surface area contributed by atoms with Gasteiger partial charge in [0.15, 0.2) is 0 Å². The number of piperidine rings is 1. The van der Waals surface area contributed by atoms with Crippen LogP contribution in [0.5, 0.6) is 0 Å². The second-order valence-electron chi connectivity index (χ2n) is 11.0. The molecule has 0 unspecified atom stereocenters. The molecule has 0 radical (unpaired) electrons. The van der Waals surface area contributed by atoms with E-state index in [4.69, 9.17) is 14.2 Å². The standard InChI is InChI=1S/C26H49N3O9S/c1-19(2)16-21-25(37-4)24(32)22(30)17-38-15-7-6-10-27(13-14-29(21)23(31)18-36-3)26(33)20-8-11-28(12-9-20)39(5,34)35/h19-22,24-25,30,32H,6-18H2,1-5H3/t21-,22-,24-,25-/m0/s1. The van der Waals surface area contributed by atoms with E-state index in [2.05, 4.69) is 0 Å². The van der Waals surface area contributed by atoms with E-state index in [9.17, 15) is 28.2 Å². The molecule has 0 bridgehead atoms. The highest BCUT2D eigenvalue weighted by Gasteiger charge is 2.39. The average Bonchev–Trinajstić information content (AvgIpc) is 2.88. The van der Waals surface area contributed by atoms with Gasteiger partial charge in [-0.2, -0.15) is 0 Å². The van der Waals surface area contributed by atoms with Crippen LogP contribution in [0.3, 0.4) is 0 Å². The lowest BCUT2D eigenvalue weighted by Gasteiger charge is -2.41. The molecule has 2 N–H and O–H groups in total. The molecule has 2 amide bonds. The van der Waals surface area contributed by atoms with Crippen LogP contribution in [0, 0.1) is 11.8 Å². The number of carbonyl (C=O) groups is 2. The van der Waals surface area contributed by atoms with Crippen molar-refractivity contribution in [2.24, 2.45) is 11.8 Å². The van der Waals surface area contributed by atoms with E-state index in [1.54, 1.807) is 9.80 Å². The molecule has 0 aromatic heterocycles. The molecular weight excluding hydrogens is 530 g/mol. The van der Waals surface area contributed by atoms with Crippen molar-refractivity contribution in [3.05, 3.63) is 0 Å². The topological polar surface area (TPSA) is 146 Å². The largest absolute Gasteiger partial charge is 0.388 e. The molecule has 2 fully saturated rings. The van der Waals surface area contributed by atoms with Crippen LogP contribution >= 0.6 is 0 Å². The Kier molecular flexibility index (Phi) is 14.0. The zero-order valence-corrected chi connectivity index (χ0v) is 25.0. The van der Waals surface area contributed by atoms with Crippen molar-refractivity contribution in [2.75, 3.05) is 73.0 Å². The molecular formula is C26H49N3O9S. The molecule has 0 aromatic rings. The van der Waals surface area contributed by atoms with Crippen molar-refractivity contribution in [3.8, 4) is 0 Å². The van der Waals surface area contributed by atoms with Gasteiger partial charge in [-0.25, -0.2) is 12.7 Å². The van der Waals surface area contributed by atoms with Crippen molar-refractivity contribution in [1.29, 1.82) is 0 Å². The third-order valence-electron chi connectivity index (χ3n) is 7.53. The van der Waals surface area contributed by atoms with E-state index in [0.29, 0.717) is 58.3 Å². The number of nitrogens with zero attached hydrogens (tertiary/aromatic N) is 3. The maximum absolute atomic E-state index is 13.6. The number of ether oxygens (including phenoxy) is 3. The Balaban J connectivity index is 2.33. The number of aliphatic hydroxyl groups is 2. The Morgan fingerprint density at radius 3 is 2.26 bits per heavy atom. The third-order valence-corrected chi connectivity index (χ3v) is 8.84. The van der Waals surface area contributed by atoms with Gasteiger partial charge in [-0.3, -0.25) is 9.59 Å². The van der Waals surface area contributed by atoms with E-state index >= 15 is 0 Å². The predicted molar refractivity (Wildman–Crippen MR) is 145 cm³/mol. The van der Waals surface area contributed by atoms with Gasteiger partial charge in [-0.05, 0) is 38.0 Å². The Bertz CT molecular complexity index is 865. The number of methoxy groups -OCH3 is 2. The summed E-state index contributed by atoms with van der Waals surface area (Å²) in [5, 5.41) is 21.6. The van der Waals surface area contributed by atoms with Crippen LogP contribution in [0.15, 0.2) is 0 Å². The summed E-state index contributed by atoms with van der Waals surface area (Å²) in [7, 11) is -0.427. The Morgan fingerprint density at radius 2 is 1.69 bits per heavy atom. The smallest absolute Gasteiger partial charge is 0.248 e. The van der Waals surface area contributed by atoms with Gasteiger partial charge >= 0.3 is 0 Å². The highest BCUT2D eigenvalue weighted by atomic mass is 32.2. The number of rotatable bonds is 7. The number of sulfonamides is 1. The van der Waals surface area contributed by atoms with Crippen molar-refractivity contribution in [3.63, 3.8) is 0 Å². The second-order valence-corrected chi connectivity index (χ2v) is 13.0. The lowest BCUT2D eigenvalue weighted by molar-refractivity contribution is -0.154. The highest BCUT2D eigenvalue weighted by Crippen LogP contribution is 2.24. The van der Waals surface area contributed by atoms with Crippen molar-refractivity contribution < 1.29 is 42.4 Å². The SMILES string of the molecule is COCC(=O)N1CCN(C(=O)C2CCN(S(C)(=O)=O)CC2)CCCCOC[C@H](O)[C@H](O)[C@@H](OC)[C@@H]1CC(C)C. The Labute approximate surface area is 233 Å². The maximum atomic E-state index is 13.6. The molecule has 2 aliphatic heterocycles. The quantitative estimate of drug-likeness (QED) is 0.423. The summed E-state index contributed by atoms with van der Waals surface area (Å²) in [4.78, 5) is 30.3. The minimum Gasteiger partial charge on any atom is -0.388 e. The van der Waals surface area contributed by atoms with Gasteiger partial charge in [-0.15, -0.1) is 0 Å². The fourth-order valence-electron chi connectivity index (χ4n) is 5.41. The van der Waals surface area contributed by atoms with E-state index in [-0.39, 0.29) is 50.0 Å². The number of amides is 2. The van der Waals surface area contributed by atoms with Crippen LogP contribution in [0.2, 0.25) is 0 Å². The molecule has 4 atom stereocenters. The number of hydrogen-bond acceptors (Lipinski definition) is 9. The molecule has 12 nitrogen and oxygen atoms in total. The maximum Gasteiger partial charge on any atom is 0.248 e. The van der Waals surface area contributed by atoms with Crippen molar-refractivity contribution in [2.45, 2.75) is 70.3 Å². The zero-order chi connectivity index (χ0) is 29.2. The first-order valence-corrected chi connectivity index (χ1v) is 15.7. The van der Waals surface area contributed by atoms with Gasteiger partial charge in [0, 0.05) is 59.5 Å². The van der Waals surface area contributed by atoms with E-state index in [1.165, 1.54) is 24.8 Å². The molecule has 0 aliphatic carbocycles. The van der Waals surface area contributed by atoms with Crippen LogP contribution in [-0.2, 0) is 33.8 Å². The molecule has 2 rings (SSSR count). The highest BCUT2D eigenvalue weighted by molar-refractivity contribution is 7.88. The molecule has 2 aliphatic rings. The summed E-state index contributed by atoms with van der Waals surface area (Å²) in [6, 6.07) is -0.583. The summed E-state index contributed by atoms with van der Waals surface area (Å²) in [6.45, 7) is 5.66. The molecule has 39 heavy (non-hydrogen) atoms. The third kappa shape index (κ3) is 10.2. The summed E-state index contributed by atoms with van der Waals surface area (Å²) in [5.41, 5.74) is 0. The summed E-state index contributed by atoms with van der Waals surface area (Å²) < 4.78 is 41.7. The van der Waals surface area contributed by atoms with Crippen LogP contribution < -0.4 is 0 Å². The molecule has 0 spiro atoms. The van der Waals surface area contributed by atoms with Crippen molar-refractivity contribution in [1.82, 2.24) is 14.1 Å². The number of aliphatic hydroxyl groups excluding tert-OH is 2. The monoisotopic (exact) mass is 579 g/mol. The van der Waals surface area contributed by atoms with Crippen LogP contribution in [0.1, 0.15) is 46.0 Å². The zero-order valence-electron chi connectivity index (χ0n) is 24.2. The molecule has 13 heteroatoms. The van der Waals surface area contributed by atoms with E-state index in [1.807, 2.05) is 13.8 Å². The van der Waals surface area contributed by atoms with Gasteiger partial charge in [-0.1, -0.05) is 13.8 Å². The minimum absolute atomic E-state index is 0.0468. The minimum atomic E-state index is -3.30. The average molecular weight is 580 g/mol. The predicted octanol–water partition coefficient (Wildman–Crippen LogP) is -0.0765. The first kappa shape index (κ1) is 33.9.